The molecule has 1 amide bonds. The van der Waals surface area contributed by atoms with Gasteiger partial charge in [-0.25, -0.2) is 4.79 Å². The second-order valence-electron chi connectivity index (χ2n) is 4.68. The molecule has 0 saturated heterocycles. The lowest BCUT2D eigenvalue weighted by Crippen LogP contribution is -2.43. The number of aliphatic hydroxyl groups excluding tert-OH is 1. The van der Waals surface area contributed by atoms with Gasteiger partial charge in [0.05, 0.1) is 6.61 Å². The number of hydrogen-bond acceptors (Lipinski definition) is 5. The van der Waals surface area contributed by atoms with E-state index in [1.54, 1.807) is 0 Å². The van der Waals surface area contributed by atoms with Gasteiger partial charge in [-0.2, -0.15) is 0 Å². The fraction of sp³-hybridized carbons (Fsp3) is 0.429. The van der Waals surface area contributed by atoms with E-state index in [1.807, 2.05) is 18.2 Å². The van der Waals surface area contributed by atoms with Crippen molar-refractivity contribution in [2.75, 3.05) is 13.4 Å². The summed E-state index contributed by atoms with van der Waals surface area (Å²) in [5, 5.41) is 19.8. The lowest BCUT2D eigenvalue weighted by atomic mass is 10.1. The molecule has 1 aromatic carbocycles. The van der Waals surface area contributed by atoms with Gasteiger partial charge in [-0.15, -0.1) is 0 Å². The molecule has 1 aliphatic rings. The van der Waals surface area contributed by atoms with E-state index in [2.05, 4.69) is 5.32 Å². The third-order valence-electron chi connectivity index (χ3n) is 3.12. The van der Waals surface area contributed by atoms with Gasteiger partial charge in [0.2, 0.25) is 12.7 Å². The number of carbonyl (C=O) groups is 2. The molecule has 0 aromatic heterocycles. The standard InChI is InChI=1S/C14H17NO6/c16-7-10(14(18)19)15-13(17)3-1-2-9-4-5-11-12(6-9)21-8-20-11/h4-6,10,16H,1-3,7-8H2,(H,15,17)(H,18,19). The number of aryl methyl sites for hydroxylation is 1. The Morgan fingerprint density at radius 3 is 2.76 bits per heavy atom. The van der Waals surface area contributed by atoms with Crippen molar-refractivity contribution in [3.05, 3.63) is 23.8 Å². The maximum atomic E-state index is 11.6. The van der Waals surface area contributed by atoms with Crippen molar-refractivity contribution < 1.29 is 29.3 Å². The molecule has 1 aliphatic heterocycles. The highest BCUT2D eigenvalue weighted by Gasteiger charge is 2.18. The van der Waals surface area contributed by atoms with E-state index in [0.717, 1.165) is 5.56 Å². The number of fused-ring (bicyclic) bond motifs is 1. The van der Waals surface area contributed by atoms with E-state index in [1.165, 1.54) is 0 Å². The lowest BCUT2D eigenvalue weighted by molar-refractivity contribution is -0.142. The molecule has 0 fully saturated rings. The molecule has 2 rings (SSSR count). The molecule has 1 atom stereocenters. The van der Waals surface area contributed by atoms with Crippen molar-refractivity contribution in [1.82, 2.24) is 5.32 Å². The molecule has 21 heavy (non-hydrogen) atoms. The molecule has 114 valence electrons. The third-order valence-corrected chi connectivity index (χ3v) is 3.12. The highest BCUT2D eigenvalue weighted by atomic mass is 16.7. The minimum Gasteiger partial charge on any atom is -0.480 e. The minimum atomic E-state index is -1.25. The van der Waals surface area contributed by atoms with Crippen molar-refractivity contribution >= 4 is 11.9 Å². The molecule has 1 aromatic rings. The number of ether oxygens (including phenoxy) is 2. The maximum absolute atomic E-state index is 11.6. The molecule has 0 saturated carbocycles. The fourth-order valence-corrected chi connectivity index (χ4v) is 2.00. The van der Waals surface area contributed by atoms with E-state index < -0.39 is 24.5 Å². The fourth-order valence-electron chi connectivity index (χ4n) is 2.00. The summed E-state index contributed by atoms with van der Waals surface area (Å²) in [4.78, 5) is 22.2. The van der Waals surface area contributed by atoms with Gasteiger partial charge in [0.1, 0.15) is 6.04 Å². The van der Waals surface area contributed by atoms with Crippen molar-refractivity contribution in [2.45, 2.75) is 25.3 Å². The molecule has 0 spiro atoms. The zero-order valence-electron chi connectivity index (χ0n) is 11.4. The Labute approximate surface area is 121 Å². The first-order valence-electron chi connectivity index (χ1n) is 6.61. The van der Waals surface area contributed by atoms with E-state index >= 15 is 0 Å². The van der Waals surface area contributed by atoms with Crippen LogP contribution in [0.5, 0.6) is 11.5 Å². The van der Waals surface area contributed by atoms with Crippen LogP contribution in [0.2, 0.25) is 0 Å². The molecular weight excluding hydrogens is 278 g/mol. The summed E-state index contributed by atoms with van der Waals surface area (Å²) in [6.07, 6.45) is 1.43. The van der Waals surface area contributed by atoms with E-state index in [4.69, 9.17) is 19.7 Å². The maximum Gasteiger partial charge on any atom is 0.328 e. The summed E-state index contributed by atoms with van der Waals surface area (Å²) in [5.74, 6) is -0.231. The van der Waals surface area contributed by atoms with Crippen molar-refractivity contribution in [3.8, 4) is 11.5 Å². The number of aliphatic carboxylic acids is 1. The predicted molar refractivity (Wildman–Crippen MR) is 72.2 cm³/mol. The first-order chi connectivity index (χ1) is 10.1. The number of nitrogens with one attached hydrogen (secondary N) is 1. The largest absolute Gasteiger partial charge is 0.480 e. The number of amides is 1. The molecule has 1 heterocycles. The van der Waals surface area contributed by atoms with E-state index in [-0.39, 0.29) is 13.2 Å². The highest BCUT2D eigenvalue weighted by Crippen LogP contribution is 2.32. The highest BCUT2D eigenvalue weighted by molar-refractivity contribution is 5.83. The summed E-state index contributed by atoms with van der Waals surface area (Å²) in [6, 6.07) is 4.35. The molecule has 7 heteroatoms. The van der Waals surface area contributed by atoms with E-state index in [9.17, 15) is 9.59 Å². The Hall–Kier alpha value is -2.28. The van der Waals surface area contributed by atoms with Gasteiger partial charge in [0, 0.05) is 6.42 Å². The van der Waals surface area contributed by atoms with Crippen molar-refractivity contribution in [3.63, 3.8) is 0 Å². The summed E-state index contributed by atoms with van der Waals surface area (Å²) in [7, 11) is 0. The first kappa shape index (κ1) is 15.1. The first-order valence-corrected chi connectivity index (χ1v) is 6.61. The quantitative estimate of drug-likeness (QED) is 0.668. The Kier molecular flexibility index (Phi) is 4.99. The van der Waals surface area contributed by atoms with Crippen LogP contribution in [0.1, 0.15) is 18.4 Å². The Morgan fingerprint density at radius 1 is 1.29 bits per heavy atom. The zero-order valence-corrected chi connectivity index (χ0v) is 11.4. The van der Waals surface area contributed by atoms with Crippen LogP contribution >= 0.6 is 0 Å². The zero-order chi connectivity index (χ0) is 15.2. The van der Waals surface area contributed by atoms with Gasteiger partial charge in [-0.3, -0.25) is 4.79 Å². The molecule has 0 aliphatic carbocycles. The van der Waals surface area contributed by atoms with Crippen LogP contribution < -0.4 is 14.8 Å². The topological polar surface area (TPSA) is 105 Å². The summed E-state index contributed by atoms with van der Waals surface area (Å²) < 4.78 is 10.5. The van der Waals surface area contributed by atoms with Crippen LogP contribution in [-0.4, -0.2) is 41.5 Å². The van der Waals surface area contributed by atoms with Crippen LogP contribution in [-0.2, 0) is 16.0 Å². The minimum absolute atomic E-state index is 0.193. The Balaban J connectivity index is 1.76. The van der Waals surface area contributed by atoms with Gasteiger partial charge in [0.15, 0.2) is 11.5 Å². The number of rotatable bonds is 7. The average Bonchev–Trinajstić information content (AvgIpc) is 2.92. The summed E-state index contributed by atoms with van der Waals surface area (Å²) in [5.41, 5.74) is 1.02. The Bertz CT molecular complexity index is 530. The Morgan fingerprint density at radius 2 is 2.05 bits per heavy atom. The molecular formula is C14H17NO6. The van der Waals surface area contributed by atoms with Gasteiger partial charge in [-0.05, 0) is 30.5 Å². The third kappa shape index (κ3) is 4.09. The summed E-state index contributed by atoms with van der Waals surface area (Å²) >= 11 is 0. The van der Waals surface area contributed by atoms with Crippen LogP contribution in [0.3, 0.4) is 0 Å². The summed E-state index contributed by atoms with van der Waals surface area (Å²) in [6.45, 7) is -0.401. The van der Waals surface area contributed by atoms with Crippen molar-refractivity contribution in [2.24, 2.45) is 0 Å². The monoisotopic (exact) mass is 295 g/mol. The average molecular weight is 295 g/mol. The number of hydrogen-bond donors (Lipinski definition) is 3. The van der Waals surface area contributed by atoms with Gasteiger partial charge >= 0.3 is 5.97 Å². The van der Waals surface area contributed by atoms with Crippen molar-refractivity contribution in [1.29, 1.82) is 0 Å². The number of aliphatic hydroxyl groups is 1. The number of carbonyl (C=O) groups excluding carboxylic acids is 1. The second-order valence-corrected chi connectivity index (χ2v) is 4.68. The SMILES string of the molecule is O=C(CCCc1ccc2c(c1)OCO2)NC(CO)C(=O)O. The van der Waals surface area contributed by atoms with Gasteiger partial charge < -0.3 is 25.0 Å². The van der Waals surface area contributed by atoms with Crippen LogP contribution in [0.25, 0.3) is 0 Å². The van der Waals surface area contributed by atoms with Crippen LogP contribution in [0.4, 0.5) is 0 Å². The molecule has 7 nitrogen and oxygen atoms in total. The van der Waals surface area contributed by atoms with Crippen LogP contribution in [0, 0.1) is 0 Å². The normalized spacial score (nSPS) is 13.8. The number of carboxylic acid groups (broad SMARTS) is 1. The number of carboxylic acids is 1. The smallest absolute Gasteiger partial charge is 0.328 e. The lowest BCUT2D eigenvalue weighted by Gasteiger charge is -2.11. The van der Waals surface area contributed by atoms with Gasteiger partial charge in [0.25, 0.3) is 0 Å². The van der Waals surface area contributed by atoms with Gasteiger partial charge in [-0.1, -0.05) is 6.07 Å². The van der Waals surface area contributed by atoms with Crippen LogP contribution in [0.15, 0.2) is 18.2 Å². The number of benzene rings is 1. The molecule has 0 bridgehead atoms. The second kappa shape index (κ2) is 6.94. The predicted octanol–water partition coefficient (Wildman–Crippen LogP) is 0.300. The van der Waals surface area contributed by atoms with E-state index in [0.29, 0.717) is 24.3 Å². The molecule has 0 radical (unpaired) electrons. The molecule has 1 unspecified atom stereocenters. The molecule has 3 N–H and O–H groups in total.